The molecular weight excluding hydrogens is 352 g/mol. The molecule has 3 rings (SSSR count). The van der Waals surface area contributed by atoms with Crippen LogP contribution in [0, 0.1) is 0 Å². The Kier molecular flexibility index (Phi) is 5.70. The SMILES string of the molecule is COc1ccc(C(=O)Nc2nc(COc3ccccc3)cs2)c(OC)c1. The van der Waals surface area contributed by atoms with Crippen LogP contribution in [0.15, 0.2) is 53.9 Å². The highest BCUT2D eigenvalue weighted by atomic mass is 32.1. The predicted octanol–water partition coefficient (Wildman–Crippen LogP) is 3.99. The molecule has 0 radical (unpaired) electrons. The third-order valence-electron chi connectivity index (χ3n) is 3.56. The van der Waals surface area contributed by atoms with E-state index in [0.717, 1.165) is 11.4 Å². The number of aromatic nitrogens is 1. The summed E-state index contributed by atoms with van der Waals surface area (Å²) in [6.45, 7) is 0.336. The average molecular weight is 370 g/mol. The first kappa shape index (κ1) is 17.8. The van der Waals surface area contributed by atoms with Crippen molar-refractivity contribution >= 4 is 22.4 Å². The van der Waals surface area contributed by atoms with Crippen LogP contribution >= 0.6 is 11.3 Å². The number of thiazole rings is 1. The van der Waals surface area contributed by atoms with Crippen LogP contribution in [0.4, 0.5) is 5.13 Å². The number of carbonyl (C=O) groups is 1. The maximum absolute atomic E-state index is 12.5. The Morgan fingerprint density at radius 1 is 1.08 bits per heavy atom. The molecule has 6 nitrogen and oxygen atoms in total. The summed E-state index contributed by atoms with van der Waals surface area (Å²) >= 11 is 1.34. The van der Waals surface area contributed by atoms with Gasteiger partial charge in [-0.05, 0) is 24.3 Å². The highest BCUT2D eigenvalue weighted by Crippen LogP contribution is 2.26. The molecule has 0 saturated carbocycles. The summed E-state index contributed by atoms with van der Waals surface area (Å²) in [6, 6.07) is 14.5. The zero-order chi connectivity index (χ0) is 18.4. The van der Waals surface area contributed by atoms with Crippen LogP contribution < -0.4 is 19.5 Å². The fourth-order valence-corrected chi connectivity index (χ4v) is 2.95. The molecule has 0 fully saturated rings. The first-order valence-electron chi connectivity index (χ1n) is 7.85. The number of para-hydroxylation sites is 1. The summed E-state index contributed by atoms with van der Waals surface area (Å²) in [4.78, 5) is 16.9. The molecule has 0 spiro atoms. The lowest BCUT2D eigenvalue weighted by Crippen LogP contribution is -2.13. The minimum absolute atomic E-state index is 0.297. The van der Waals surface area contributed by atoms with Gasteiger partial charge in [-0.1, -0.05) is 18.2 Å². The molecule has 2 aromatic carbocycles. The van der Waals surface area contributed by atoms with E-state index in [1.165, 1.54) is 18.4 Å². The van der Waals surface area contributed by atoms with Gasteiger partial charge in [0.25, 0.3) is 5.91 Å². The van der Waals surface area contributed by atoms with Crippen LogP contribution in [0.3, 0.4) is 0 Å². The van der Waals surface area contributed by atoms with Crippen LogP contribution in [-0.4, -0.2) is 25.1 Å². The average Bonchev–Trinajstić information content (AvgIpc) is 3.13. The smallest absolute Gasteiger partial charge is 0.261 e. The number of rotatable bonds is 7. The molecule has 0 aliphatic rings. The Morgan fingerprint density at radius 3 is 2.62 bits per heavy atom. The Labute approximate surface area is 155 Å². The van der Waals surface area contributed by atoms with E-state index in [-0.39, 0.29) is 5.91 Å². The van der Waals surface area contributed by atoms with Crippen molar-refractivity contribution in [3.05, 3.63) is 65.2 Å². The van der Waals surface area contributed by atoms with Gasteiger partial charge in [-0.25, -0.2) is 4.98 Å². The summed E-state index contributed by atoms with van der Waals surface area (Å²) < 4.78 is 16.1. The van der Waals surface area contributed by atoms with Crippen LogP contribution in [0.1, 0.15) is 16.1 Å². The lowest BCUT2D eigenvalue weighted by molar-refractivity contribution is 0.102. The molecule has 0 saturated heterocycles. The molecule has 0 atom stereocenters. The van der Waals surface area contributed by atoms with Gasteiger partial charge in [0.2, 0.25) is 0 Å². The number of amides is 1. The van der Waals surface area contributed by atoms with E-state index in [9.17, 15) is 4.79 Å². The summed E-state index contributed by atoms with van der Waals surface area (Å²) in [7, 11) is 3.07. The summed E-state index contributed by atoms with van der Waals surface area (Å²) in [5.74, 6) is 1.53. The van der Waals surface area contributed by atoms with Crippen LogP contribution in [-0.2, 0) is 6.61 Å². The quantitative estimate of drug-likeness (QED) is 0.681. The molecule has 0 unspecified atom stereocenters. The van der Waals surface area contributed by atoms with Gasteiger partial charge in [0.15, 0.2) is 5.13 Å². The van der Waals surface area contributed by atoms with Crippen LogP contribution in [0.2, 0.25) is 0 Å². The Hall–Kier alpha value is -3.06. The second kappa shape index (κ2) is 8.35. The van der Waals surface area contributed by atoms with E-state index < -0.39 is 0 Å². The van der Waals surface area contributed by atoms with Gasteiger partial charge in [0.05, 0.1) is 25.5 Å². The van der Waals surface area contributed by atoms with E-state index in [0.29, 0.717) is 28.8 Å². The molecular formula is C19H18N2O4S. The van der Waals surface area contributed by atoms with Gasteiger partial charge >= 0.3 is 0 Å². The van der Waals surface area contributed by atoms with Gasteiger partial charge in [0.1, 0.15) is 23.9 Å². The molecule has 26 heavy (non-hydrogen) atoms. The molecule has 7 heteroatoms. The summed E-state index contributed by atoms with van der Waals surface area (Å²) in [5, 5.41) is 5.13. The van der Waals surface area contributed by atoms with Gasteiger partial charge in [-0.2, -0.15) is 0 Å². The van der Waals surface area contributed by atoms with Crippen molar-refractivity contribution in [2.24, 2.45) is 0 Å². The zero-order valence-electron chi connectivity index (χ0n) is 14.4. The summed E-state index contributed by atoms with van der Waals surface area (Å²) in [6.07, 6.45) is 0. The maximum Gasteiger partial charge on any atom is 0.261 e. The number of carbonyl (C=O) groups excluding carboxylic acids is 1. The number of nitrogens with zero attached hydrogens (tertiary/aromatic N) is 1. The predicted molar refractivity (Wildman–Crippen MR) is 100 cm³/mol. The molecule has 0 bridgehead atoms. The first-order valence-corrected chi connectivity index (χ1v) is 8.73. The van der Waals surface area contributed by atoms with E-state index in [2.05, 4.69) is 10.3 Å². The molecule has 1 aromatic heterocycles. The second-order valence-electron chi connectivity index (χ2n) is 5.27. The van der Waals surface area contributed by atoms with Crippen molar-refractivity contribution in [1.82, 2.24) is 4.98 Å². The van der Waals surface area contributed by atoms with Crippen molar-refractivity contribution in [1.29, 1.82) is 0 Å². The number of benzene rings is 2. The lowest BCUT2D eigenvalue weighted by Gasteiger charge is -2.09. The second-order valence-corrected chi connectivity index (χ2v) is 6.12. The minimum atomic E-state index is -0.297. The van der Waals surface area contributed by atoms with E-state index in [1.54, 1.807) is 25.3 Å². The third kappa shape index (κ3) is 4.31. The normalized spacial score (nSPS) is 10.2. The molecule has 1 N–H and O–H groups in total. The standard InChI is InChI=1S/C19H18N2O4S/c1-23-15-8-9-16(17(10-15)24-2)18(22)21-19-20-13(12-26-19)11-25-14-6-4-3-5-7-14/h3-10,12H,11H2,1-2H3,(H,20,21,22). The van der Waals surface area contributed by atoms with Gasteiger partial charge in [0, 0.05) is 11.4 Å². The van der Waals surface area contributed by atoms with Crippen molar-refractivity contribution < 1.29 is 19.0 Å². The molecule has 1 amide bonds. The van der Waals surface area contributed by atoms with E-state index >= 15 is 0 Å². The highest BCUT2D eigenvalue weighted by Gasteiger charge is 2.15. The van der Waals surface area contributed by atoms with Crippen molar-refractivity contribution in [2.75, 3.05) is 19.5 Å². The summed E-state index contributed by atoms with van der Waals surface area (Å²) in [5.41, 5.74) is 1.15. The zero-order valence-corrected chi connectivity index (χ0v) is 15.2. The number of hydrogen-bond donors (Lipinski definition) is 1. The number of hydrogen-bond acceptors (Lipinski definition) is 6. The Bertz CT molecular complexity index is 880. The van der Waals surface area contributed by atoms with Crippen LogP contribution in [0.25, 0.3) is 0 Å². The Morgan fingerprint density at radius 2 is 1.88 bits per heavy atom. The number of nitrogens with one attached hydrogen (secondary N) is 1. The number of methoxy groups -OCH3 is 2. The first-order chi connectivity index (χ1) is 12.7. The highest BCUT2D eigenvalue weighted by molar-refractivity contribution is 7.14. The topological polar surface area (TPSA) is 69.7 Å². The number of ether oxygens (including phenoxy) is 3. The monoisotopic (exact) mass is 370 g/mol. The van der Waals surface area contributed by atoms with Crippen molar-refractivity contribution in [2.45, 2.75) is 6.61 Å². The lowest BCUT2D eigenvalue weighted by atomic mass is 10.2. The van der Waals surface area contributed by atoms with Crippen molar-refractivity contribution in [3.63, 3.8) is 0 Å². The molecule has 0 aliphatic heterocycles. The largest absolute Gasteiger partial charge is 0.497 e. The maximum atomic E-state index is 12.5. The van der Waals surface area contributed by atoms with E-state index in [4.69, 9.17) is 14.2 Å². The fraction of sp³-hybridized carbons (Fsp3) is 0.158. The van der Waals surface area contributed by atoms with Crippen molar-refractivity contribution in [3.8, 4) is 17.2 Å². The van der Waals surface area contributed by atoms with Gasteiger partial charge < -0.3 is 14.2 Å². The Balaban J connectivity index is 1.64. The van der Waals surface area contributed by atoms with Gasteiger partial charge in [-0.15, -0.1) is 11.3 Å². The molecule has 3 aromatic rings. The van der Waals surface area contributed by atoms with Gasteiger partial charge in [-0.3, -0.25) is 10.1 Å². The fourth-order valence-electron chi connectivity index (χ4n) is 2.26. The minimum Gasteiger partial charge on any atom is -0.497 e. The number of anilines is 1. The molecule has 134 valence electrons. The van der Waals surface area contributed by atoms with E-state index in [1.807, 2.05) is 35.7 Å². The molecule has 1 heterocycles. The van der Waals surface area contributed by atoms with Crippen LogP contribution in [0.5, 0.6) is 17.2 Å². The third-order valence-corrected chi connectivity index (χ3v) is 4.36. The molecule has 0 aliphatic carbocycles.